The maximum atomic E-state index is 5.97. The lowest BCUT2D eigenvalue weighted by Crippen LogP contribution is -2.40. The molecular weight excluding hydrogens is 184 g/mol. The van der Waals surface area contributed by atoms with Crippen LogP contribution in [0, 0.1) is 0 Å². The largest absolute Gasteiger partial charge is 0.326 e. The van der Waals surface area contributed by atoms with Crippen LogP contribution in [0.1, 0.15) is 71.6 Å². The van der Waals surface area contributed by atoms with Crippen molar-refractivity contribution in [2.45, 2.75) is 83.7 Å². The van der Waals surface area contributed by atoms with Crippen LogP contribution in [0.25, 0.3) is 0 Å². The molecule has 0 bridgehead atoms. The van der Waals surface area contributed by atoms with Gasteiger partial charge >= 0.3 is 0 Å². The zero-order valence-electron chi connectivity index (χ0n) is 10.7. The zero-order chi connectivity index (χ0) is 11.5. The molecule has 0 aromatic carbocycles. The molecule has 0 fully saturated rings. The van der Waals surface area contributed by atoms with Gasteiger partial charge in [0.15, 0.2) is 0 Å². The standard InChI is InChI=1S/C13H30N2/c1-3-5-6-7-8-9-10-11-13(15)12(14)4-2/h12-13H,3-11,14-15H2,1-2H3. The third-order valence-corrected chi connectivity index (χ3v) is 3.16. The number of unbranched alkanes of at least 4 members (excludes halogenated alkanes) is 6. The Kier molecular flexibility index (Phi) is 10.4. The molecule has 2 atom stereocenters. The Bertz CT molecular complexity index is 126. The predicted molar refractivity (Wildman–Crippen MR) is 68.9 cm³/mol. The summed E-state index contributed by atoms with van der Waals surface area (Å²) in [6.07, 6.45) is 11.6. The molecular formula is C13H30N2. The van der Waals surface area contributed by atoms with E-state index < -0.39 is 0 Å². The highest BCUT2D eigenvalue weighted by Gasteiger charge is 2.09. The molecule has 0 aliphatic carbocycles. The molecule has 92 valence electrons. The lowest BCUT2D eigenvalue weighted by atomic mass is 10.00. The third-order valence-electron chi connectivity index (χ3n) is 3.16. The van der Waals surface area contributed by atoms with Crippen LogP contribution in [0.5, 0.6) is 0 Å². The van der Waals surface area contributed by atoms with E-state index in [1.54, 1.807) is 0 Å². The van der Waals surface area contributed by atoms with E-state index in [4.69, 9.17) is 11.5 Å². The van der Waals surface area contributed by atoms with E-state index in [0.717, 1.165) is 12.8 Å². The fourth-order valence-corrected chi connectivity index (χ4v) is 1.85. The normalized spacial score (nSPS) is 15.2. The summed E-state index contributed by atoms with van der Waals surface area (Å²) < 4.78 is 0. The highest BCUT2D eigenvalue weighted by atomic mass is 14.8. The van der Waals surface area contributed by atoms with Gasteiger partial charge in [-0.05, 0) is 12.8 Å². The van der Waals surface area contributed by atoms with E-state index in [2.05, 4.69) is 13.8 Å². The first-order valence-electron chi connectivity index (χ1n) is 6.73. The molecule has 0 saturated heterocycles. The van der Waals surface area contributed by atoms with Gasteiger partial charge in [0, 0.05) is 12.1 Å². The lowest BCUT2D eigenvalue weighted by Gasteiger charge is -2.17. The molecule has 0 saturated carbocycles. The average Bonchev–Trinajstić information content (AvgIpc) is 2.26. The first kappa shape index (κ1) is 14.9. The summed E-state index contributed by atoms with van der Waals surface area (Å²) in [5, 5.41) is 0. The molecule has 0 amide bonds. The van der Waals surface area contributed by atoms with Crippen molar-refractivity contribution in [3.8, 4) is 0 Å². The number of nitrogens with two attached hydrogens (primary N) is 2. The monoisotopic (exact) mass is 214 g/mol. The van der Waals surface area contributed by atoms with Crippen LogP contribution < -0.4 is 11.5 Å². The van der Waals surface area contributed by atoms with Gasteiger partial charge < -0.3 is 11.5 Å². The molecule has 4 N–H and O–H groups in total. The summed E-state index contributed by atoms with van der Waals surface area (Å²) in [7, 11) is 0. The second-order valence-corrected chi connectivity index (χ2v) is 4.65. The molecule has 0 aliphatic rings. The van der Waals surface area contributed by atoms with Crippen molar-refractivity contribution >= 4 is 0 Å². The Morgan fingerprint density at radius 1 is 0.733 bits per heavy atom. The van der Waals surface area contributed by atoms with Crippen molar-refractivity contribution in [2.24, 2.45) is 11.5 Å². The Morgan fingerprint density at radius 2 is 1.27 bits per heavy atom. The molecule has 15 heavy (non-hydrogen) atoms. The second-order valence-electron chi connectivity index (χ2n) is 4.65. The molecule has 2 unspecified atom stereocenters. The van der Waals surface area contributed by atoms with Gasteiger partial charge in [0.1, 0.15) is 0 Å². The third kappa shape index (κ3) is 8.88. The summed E-state index contributed by atoms with van der Waals surface area (Å²) in [6.45, 7) is 4.36. The van der Waals surface area contributed by atoms with Crippen molar-refractivity contribution in [1.82, 2.24) is 0 Å². The minimum atomic E-state index is 0.199. The van der Waals surface area contributed by atoms with Crippen LogP contribution in [-0.2, 0) is 0 Å². The summed E-state index contributed by atoms with van der Waals surface area (Å²) in [5.74, 6) is 0. The van der Waals surface area contributed by atoms with E-state index in [0.29, 0.717) is 0 Å². The molecule has 0 radical (unpaired) electrons. The summed E-state index contributed by atoms with van der Waals surface area (Å²) in [5.41, 5.74) is 11.8. The Hall–Kier alpha value is -0.0800. The molecule has 0 aliphatic heterocycles. The zero-order valence-corrected chi connectivity index (χ0v) is 10.7. The number of hydrogen-bond acceptors (Lipinski definition) is 2. The first-order chi connectivity index (χ1) is 7.22. The number of rotatable bonds is 10. The van der Waals surface area contributed by atoms with Gasteiger partial charge in [-0.25, -0.2) is 0 Å². The van der Waals surface area contributed by atoms with Gasteiger partial charge in [0.2, 0.25) is 0 Å². The Labute approximate surface area is 95.8 Å². The van der Waals surface area contributed by atoms with Crippen LogP contribution in [-0.4, -0.2) is 12.1 Å². The van der Waals surface area contributed by atoms with Crippen LogP contribution in [0.15, 0.2) is 0 Å². The molecule has 0 heterocycles. The van der Waals surface area contributed by atoms with Gasteiger partial charge in [-0.3, -0.25) is 0 Å². The van der Waals surface area contributed by atoms with Gasteiger partial charge in [-0.2, -0.15) is 0 Å². The highest BCUT2D eigenvalue weighted by Crippen LogP contribution is 2.10. The van der Waals surface area contributed by atoms with Crippen LogP contribution in [0.3, 0.4) is 0 Å². The first-order valence-corrected chi connectivity index (χ1v) is 6.73. The predicted octanol–water partition coefficient (Wildman–Crippen LogP) is 3.19. The van der Waals surface area contributed by atoms with Gasteiger partial charge in [-0.15, -0.1) is 0 Å². The van der Waals surface area contributed by atoms with Gasteiger partial charge in [-0.1, -0.05) is 58.8 Å². The highest BCUT2D eigenvalue weighted by molar-refractivity contribution is 4.74. The van der Waals surface area contributed by atoms with Crippen LogP contribution in [0.4, 0.5) is 0 Å². The van der Waals surface area contributed by atoms with Crippen molar-refractivity contribution < 1.29 is 0 Å². The van der Waals surface area contributed by atoms with E-state index >= 15 is 0 Å². The van der Waals surface area contributed by atoms with E-state index in [1.165, 1.54) is 44.9 Å². The second kappa shape index (κ2) is 10.4. The molecule has 0 aromatic rings. The van der Waals surface area contributed by atoms with Gasteiger partial charge in [0.25, 0.3) is 0 Å². The van der Waals surface area contributed by atoms with Crippen molar-refractivity contribution in [2.75, 3.05) is 0 Å². The summed E-state index contributed by atoms with van der Waals surface area (Å²) in [6, 6.07) is 0.413. The molecule has 2 nitrogen and oxygen atoms in total. The maximum absolute atomic E-state index is 5.97. The molecule has 2 heteroatoms. The summed E-state index contributed by atoms with van der Waals surface area (Å²) in [4.78, 5) is 0. The Balaban J connectivity index is 3.16. The Morgan fingerprint density at radius 3 is 1.80 bits per heavy atom. The molecule has 0 aromatic heterocycles. The van der Waals surface area contributed by atoms with E-state index in [-0.39, 0.29) is 12.1 Å². The molecule has 0 rings (SSSR count). The fraction of sp³-hybridized carbons (Fsp3) is 1.00. The van der Waals surface area contributed by atoms with Crippen molar-refractivity contribution in [3.63, 3.8) is 0 Å². The summed E-state index contributed by atoms with van der Waals surface area (Å²) >= 11 is 0. The van der Waals surface area contributed by atoms with E-state index in [9.17, 15) is 0 Å². The van der Waals surface area contributed by atoms with E-state index in [1.807, 2.05) is 0 Å². The minimum Gasteiger partial charge on any atom is -0.326 e. The smallest absolute Gasteiger partial charge is 0.0192 e. The quantitative estimate of drug-likeness (QED) is 0.549. The minimum absolute atomic E-state index is 0.199. The lowest BCUT2D eigenvalue weighted by molar-refractivity contribution is 0.456. The SMILES string of the molecule is CCCCCCCCCC(N)C(N)CC. The average molecular weight is 214 g/mol. The van der Waals surface area contributed by atoms with Crippen LogP contribution >= 0.6 is 0 Å². The number of hydrogen-bond donors (Lipinski definition) is 2. The topological polar surface area (TPSA) is 52.0 Å². The molecule has 0 spiro atoms. The van der Waals surface area contributed by atoms with Crippen LogP contribution in [0.2, 0.25) is 0 Å². The van der Waals surface area contributed by atoms with Crippen molar-refractivity contribution in [1.29, 1.82) is 0 Å². The maximum Gasteiger partial charge on any atom is 0.0192 e. The fourth-order valence-electron chi connectivity index (χ4n) is 1.85. The van der Waals surface area contributed by atoms with Gasteiger partial charge in [0.05, 0.1) is 0 Å². The van der Waals surface area contributed by atoms with Crippen molar-refractivity contribution in [3.05, 3.63) is 0 Å².